The maximum absolute atomic E-state index is 13.0. The molecule has 0 unspecified atom stereocenters. The summed E-state index contributed by atoms with van der Waals surface area (Å²) in [7, 11) is 0. The molecule has 0 aromatic heterocycles. The highest BCUT2D eigenvalue weighted by Gasteiger charge is 2.25. The zero-order chi connectivity index (χ0) is 18.6. The lowest BCUT2D eigenvalue weighted by Crippen LogP contribution is -2.47. The van der Waals surface area contributed by atoms with Gasteiger partial charge in [0, 0.05) is 11.3 Å². The average Bonchev–Trinajstić information content (AvgIpc) is 2.51. The van der Waals surface area contributed by atoms with Gasteiger partial charge in [-0.1, -0.05) is 19.9 Å². The number of carbonyl (C=O) groups excluding carboxylic acids is 2. The van der Waals surface area contributed by atoms with Crippen molar-refractivity contribution in [1.29, 1.82) is 0 Å². The Kier molecular flexibility index (Phi) is 5.91. The van der Waals surface area contributed by atoms with Crippen LogP contribution in [0.5, 0.6) is 0 Å². The van der Waals surface area contributed by atoms with Crippen molar-refractivity contribution in [2.24, 2.45) is 5.92 Å². The SMILES string of the molecule is Cc1cc(C)cc(NC(=O)[C@@H](NC(=O)c2ccc(F)cc2)C(C)C)c1. The maximum atomic E-state index is 13.0. The third-order valence-corrected chi connectivity index (χ3v) is 3.83. The first-order valence-corrected chi connectivity index (χ1v) is 8.22. The number of rotatable bonds is 5. The van der Waals surface area contributed by atoms with Crippen LogP contribution in [-0.2, 0) is 4.79 Å². The molecular formula is C20H23FN2O2. The van der Waals surface area contributed by atoms with Crippen LogP contribution >= 0.6 is 0 Å². The van der Waals surface area contributed by atoms with Gasteiger partial charge < -0.3 is 10.6 Å². The third kappa shape index (κ3) is 5.14. The minimum atomic E-state index is -0.696. The third-order valence-electron chi connectivity index (χ3n) is 3.83. The molecule has 2 aromatic carbocycles. The van der Waals surface area contributed by atoms with E-state index in [-0.39, 0.29) is 11.8 Å². The van der Waals surface area contributed by atoms with Crippen LogP contribution in [-0.4, -0.2) is 17.9 Å². The number of hydrogen-bond acceptors (Lipinski definition) is 2. The van der Waals surface area contributed by atoms with Gasteiger partial charge in [0.25, 0.3) is 5.91 Å². The monoisotopic (exact) mass is 342 g/mol. The lowest BCUT2D eigenvalue weighted by atomic mass is 10.0. The molecular weight excluding hydrogens is 319 g/mol. The fraction of sp³-hybridized carbons (Fsp3) is 0.300. The van der Waals surface area contributed by atoms with Crippen LogP contribution in [0.25, 0.3) is 0 Å². The van der Waals surface area contributed by atoms with Gasteiger partial charge >= 0.3 is 0 Å². The highest BCUT2D eigenvalue weighted by Crippen LogP contribution is 2.15. The van der Waals surface area contributed by atoms with Crippen molar-refractivity contribution < 1.29 is 14.0 Å². The molecule has 0 saturated heterocycles. The second-order valence-electron chi connectivity index (χ2n) is 6.57. The first kappa shape index (κ1) is 18.6. The van der Waals surface area contributed by atoms with E-state index in [1.54, 1.807) is 0 Å². The van der Waals surface area contributed by atoms with Crippen LogP contribution in [0.1, 0.15) is 35.3 Å². The molecule has 5 heteroatoms. The van der Waals surface area contributed by atoms with E-state index in [0.717, 1.165) is 11.1 Å². The lowest BCUT2D eigenvalue weighted by Gasteiger charge is -2.22. The Hall–Kier alpha value is -2.69. The first-order valence-electron chi connectivity index (χ1n) is 8.22. The van der Waals surface area contributed by atoms with E-state index in [1.807, 2.05) is 45.9 Å². The largest absolute Gasteiger partial charge is 0.340 e. The molecule has 4 nitrogen and oxygen atoms in total. The predicted molar refractivity (Wildman–Crippen MR) is 97.0 cm³/mol. The number of carbonyl (C=O) groups is 2. The van der Waals surface area contributed by atoms with Crippen LogP contribution in [0.15, 0.2) is 42.5 Å². The molecule has 0 saturated carbocycles. The molecule has 2 aromatic rings. The standard InChI is InChI=1S/C20H23FN2O2/c1-12(2)18(23-19(24)15-5-7-16(21)8-6-15)20(25)22-17-10-13(3)9-14(4)11-17/h5-12,18H,1-4H3,(H,22,25)(H,23,24)/t18-/m0/s1. The van der Waals surface area contributed by atoms with Crippen molar-refractivity contribution in [3.05, 3.63) is 65.0 Å². The summed E-state index contributed by atoms with van der Waals surface area (Å²) in [5.41, 5.74) is 3.11. The Morgan fingerprint density at radius 1 is 0.960 bits per heavy atom. The molecule has 0 bridgehead atoms. The van der Waals surface area contributed by atoms with Crippen molar-refractivity contribution in [3.63, 3.8) is 0 Å². The maximum Gasteiger partial charge on any atom is 0.251 e. The summed E-state index contributed by atoms with van der Waals surface area (Å²) in [6, 6.07) is 10.3. The van der Waals surface area contributed by atoms with Gasteiger partial charge in [0.2, 0.25) is 5.91 Å². The van der Waals surface area contributed by atoms with Crippen molar-refractivity contribution in [2.75, 3.05) is 5.32 Å². The number of aryl methyl sites for hydroxylation is 2. The molecule has 1 atom stereocenters. The second kappa shape index (κ2) is 7.92. The molecule has 0 spiro atoms. The van der Waals surface area contributed by atoms with E-state index in [4.69, 9.17) is 0 Å². The summed E-state index contributed by atoms with van der Waals surface area (Å²) in [6.07, 6.45) is 0. The van der Waals surface area contributed by atoms with Gasteiger partial charge in [-0.05, 0) is 67.3 Å². The van der Waals surface area contributed by atoms with Gasteiger partial charge in [-0.2, -0.15) is 0 Å². The fourth-order valence-electron chi connectivity index (χ4n) is 2.63. The Balaban J connectivity index is 2.12. The zero-order valence-electron chi connectivity index (χ0n) is 14.9. The summed E-state index contributed by atoms with van der Waals surface area (Å²) < 4.78 is 13.0. The average molecular weight is 342 g/mol. The number of halogens is 1. The number of amides is 2. The van der Waals surface area contributed by atoms with E-state index in [2.05, 4.69) is 10.6 Å². The smallest absolute Gasteiger partial charge is 0.251 e. The lowest BCUT2D eigenvalue weighted by molar-refractivity contribution is -0.118. The molecule has 0 aliphatic heterocycles. The van der Waals surface area contributed by atoms with Crippen molar-refractivity contribution >= 4 is 17.5 Å². The molecule has 0 aliphatic carbocycles. The molecule has 132 valence electrons. The van der Waals surface area contributed by atoms with Gasteiger partial charge in [-0.3, -0.25) is 9.59 Å². The van der Waals surface area contributed by atoms with Gasteiger partial charge in [0.15, 0.2) is 0 Å². The zero-order valence-corrected chi connectivity index (χ0v) is 14.9. The summed E-state index contributed by atoms with van der Waals surface area (Å²) in [5, 5.41) is 5.59. The quantitative estimate of drug-likeness (QED) is 0.867. The minimum Gasteiger partial charge on any atom is -0.340 e. The second-order valence-corrected chi connectivity index (χ2v) is 6.57. The number of anilines is 1. The summed E-state index contributed by atoms with van der Waals surface area (Å²) >= 11 is 0. The van der Waals surface area contributed by atoms with Crippen LogP contribution in [0.4, 0.5) is 10.1 Å². The summed E-state index contributed by atoms with van der Waals surface area (Å²) in [6.45, 7) is 7.63. The first-order chi connectivity index (χ1) is 11.8. The highest BCUT2D eigenvalue weighted by molar-refractivity contribution is 6.01. The Bertz CT molecular complexity index is 750. The molecule has 0 aliphatic rings. The van der Waals surface area contributed by atoms with Gasteiger partial charge in [-0.15, -0.1) is 0 Å². The van der Waals surface area contributed by atoms with Crippen molar-refractivity contribution in [2.45, 2.75) is 33.7 Å². The number of benzene rings is 2. The van der Waals surface area contributed by atoms with E-state index >= 15 is 0 Å². The van der Waals surface area contributed by atoms with E-state index in [9.17, 15) is 14.0 Å². The molecule has 2 rings (SSSR count). The number of hydrogen-bond donors (Lipinski definition) is 2. The molecule has 2 N–H and O–H groups in total. The number of nitrogens with one attached hydrogen (secondary N) is 2. The Labute approximate surface area is 147 Å². The van der Waals surface area contributed by atoms with Gasteiger partial charge in [0.1, 0.15) is 11.9 Å². The van der Waals surface area contributed by atoms with E-state index in [0.29, 0.717) is 11.3 Å². The van der Waals surface area contributed by atoms with Crippen LogP contribution < -0.4 is 10.6 Å². The molecule has 0 heterocycles. The van der Waals surface area contributed by atoms with Crippen LogP contribution in [0.3, 0.4) is 0 Å². The molecule has 0 radical (unpaired) electrons. The Morgan fingerprint density at radius 2 is 1.52 bits per heavy atom. The van der Waals surface area contributed by atoms with Crippen LogP contribution in [0.2, 0.25) is 0 Å². The normalized spacial score (nSPS) is 11.9. The topological polar surface area (TPSA) is 58.2 Å². The summed E-state index contributed by atoms with van der Waals surface area (Å²) in [4.78, 5) is 24.9. The van der Waals surface area contributed by atoms with E-state index in [1.165, 1.54) is 24.3 Å². The molecule has 25 heavy (non-hydrogen) atoms. The Morgan fingerprint density at radius 3 is 2.04 bits per heavy atom. The highest BCUT2D eigenvalue weighted by atomic mass is 19.1. The van der Waals surface area contributed by atoms with E-state index < -0.39 is 17.8 Å². The minimum absolute atomic E-state index is 0.102. The molecule has 0 fully saturated rings. The van der Waals surface area contributed by atoms with Crippen molar-refractivity contribution in [3.8, 4) is 0 Å². The molecule has 2 amide bonds. The predicted octanol–water partition coefficient (Wildman–Crippen LogP) is 3.84. The van der Waals surface area contributed by atoms with Crippen molar-refractivity contribution in [1.82, 2.24) is 5.32 Å². The van der Waals surface area contributed by atoms with Gasteiger partial charge in [0.05, 0.1) is 0 Å². The van der Waals surface area contributed by atoms with Gasteiger partial charge in [-0.25, -0.2) is 4.39 Å². The fourth-order valence-corrected chi connectivity index (χ4v) is 2.63. The van der Waals surface area contributed by atoms with Crippen LogP contribution in [0, 0.1) is 25.6 Å². The summed E-state index contributed by atoms with van der Waals surface area (Å²) in [5.74, 6) is -1.20.